The molecule has 2 rings (SSSR count). The van der Waals surface area contributed by atoms with E-state index in [-0.39, 0.29) is 0 Å². The quantitative estimate of drug-likeness (QED) is 0.330. The Morgan fingerprint density at radius 3 is 2.41 bits per heavy atom. The standard InChI is InChI=1S/C20H28N2O2S3/c1-3-7-18(4-2)26-19-8-10-20(11-9-19)27(23,24)22(16-17-25)15-14-21-12-5-6-13-21/h3-4,7-11,25H,1-2,5-6,12-17H2/b18-7+. The smallest absolute Gasteiger partial charge is 0.243 e. The number of sulfonamides is 1. The minimum atomic E-state index is -3.52. The van der Waals surface area contributed by atoms with Crippen molar-refractivity contribution in [2.75, 3.05) is 38.5 Å². The molecule has 0 aromatic heterocycles. The van der Waals surface area contributed by atoms with E-state index in [1.807, 2.05) is 18.2 Å². The van der Waals surface area contributed by atoms with Crippen molar-refractivity contribution in [1.29, 1.82) is 0 Å². The summed E-state index contributed by atoms with van der Waals surface area (Å²) in [6, 6.07) is 7.01. The summed E-state index contributed by atoms with van der Waals surface area (Å²) in [5.74, 6) is 0.502. The van der Waals surface area contributed by atoms with Gasteiger partial charge >= 0.3 is 0 Å². The van der Waals surface area contributed by atoms with Crippen molar-refractivity contribution in [3.05, 3.63) is 60.6 Å². The third-order valence-electron chi connectivity index (χ3n) is 4.39. The molecule has 1 aliphatic rings. The Morgan fingerprint density at radius 1 is 1.19 bits per heavy atom. The first kappa shape index (κ1) is 22.3. The van der Waals surface area contributed by atoms with Crippen LogP contribution in [0.2, 0.25) is 0 Å². The summed E-state index contributed by atoms with van der Waals surface area (Å²) < 4.78 is 27.6. The SMILES string of the molecule is C=C/C=C(\C=C)Sc1ccc(S(=O)(=O)N(CCS)CCN2CCCC2)cc1. The summed E-state index contributed by atoms with van der Waals surface area (Å²) in [5, 5.41) is 0. The van der Waals surface area contributed by atoms with Crippen LogP contribution in [0, 0.1) is 0 Å². The number of benzene rings is 1. The summed E-state index contributed by atoms with van der Waals surface area (Å²) in [4.78, 5) is 4.56. The van der Waals surface area contributed by atoms with Crippen molar-refractivity contribution in [3.63, 3.8) is 0 Å². The third-order valence-corrected chi connectivity index (χ3v) is 7.55. The molecule has 148 valence electrons. The molecule has 0 amide bonds. The van der Waals surface area contributed by atoms with Crippen molar-refractivity contribution in [3.8, 4) is 0 Å². The fourth-order valence-electron chi connectivity index (χ4n) is 2.95. The van der Waals surface area contributed by atoms with Gasteiger partial charge in [0.25, 0.3) is 0 Å². The fourth-order valence-corrected chi connectivity index (χ4v) is 5.55. The Hall–Kier alpha value is -0.990. The first-order valence-electron chi connectivity index (χ1n) is 9.07. The van der Waals surface area contributed by atoms with Gasteiger partial charge in [-0.1, -0.05) is 37.1 Å². The summed E-state index contributed by atoms with van der Waals surface area (Å²) in [7, 11) is -3.52. The highest BCUT2D eigenvalue weighted by Gasteiger charge is 2.25. The van der Waals surface area contributed by atoms with Gasteiger partial charge in [-0.25, -0.2) is 8.42 Å². The van der Waals surface area contributed by atoms with Gasteiger partial charge in [-0.2, -0.15) is 16.9 Å². The molecule has 0 unspecified atom stereocenters. The Morgan fingerprint density at radius 2 is 1.85 bits per heavy atom. The first-order chi connectivity index (χ1) is 13.0. The van der Waals surface area contributed by atoms with E-state index >= 15 is 0 Å². The molecule has 0 aliphatic carbocycles. The van der Waals surface area contributed by atoms with Crippen LogP contribution in [-0.2, 0) is 10.0 Å². The van der Waals surface area contributed by atoms with Crippen LogP contribution in [0.15, 0.2) is 70.3 Å². The van der Waals surface area contributed by atoms with Crippen LogP contribution >= 0.6 is 24.4 Å². The predicted molar refractivity (Wildman–Crippen MR) is 119 cm³/mol. The van der Waals surface area contributed by atoms with Crippen molar-refractivity contribution >= 4 is 34.4 Å². The van der Waals surface area contributed by atoms with Gasteiger partial charge < -0.3 is 4.90 Å². The van der Waals surface area contributed by atoms with Crippen LogP contribution < -0.4 is 0 Å². The van der Waals surface area contributed by atoms with Gasteiger partial charge in [0.1, 0.15) is 0 Å². The van der Waals surface area contributed by atoms with Crippen LogP contribution in [0.25, 0.3) is 0 Å². The number of thioether (sulfide) groups is 1. The Bertz CT molecular complexity index is 752. The lowest BCUT2D eigenvalue weighted by atomic mass is 10.4. The molecule has 1 fully saturated rings. The number of thiol groups is 1. The van der Waals surface area contributed by atoms with Crippen molar-refractivity contribution in [1.82, 2.24) is 9.21 Å². The van der Waals surface area contributed by atoms with Crippen molar-refractivity contribution in [2.45, 2.75) is 22.6 Å². The number of likely N-dealkylation sites (tertiary alicyclic amines) is 1. The van der Waals surface area contributed by atoms with Gasteiger partial charge in [0.15, 0.2) is 0 Å². The molecule has 1 aromatic carbocycles. The van der Waals surface area contributed by atoms with Crippen molar-refractivity contribution < 1.29 is 8.42 Å². The van der Waals surface area contributed by atoms with E-state index in [2.05, 4.69) is 30.7 Å². The first-order valence-corrected chi connectivity index (χ1v) is 12.0. The maximum atomic E-state index is 13.0. The van der Waals surface area contributed by atoms with E-state index in [0.29, 0.717) is 23.7 Å². The van der Waals surface area contributed by atoms with Gasteiger partial charge in [0, 0.05) is 35.2 Å². The van der Waals surface area contributed by atoms with Gasteiger partial charge in [-0.3, -0.25) is 0 Å². The van der Waals surface area contributed by atoms with Crippen LogP contribution in [0.4, 0.5) is 0 Å². The lowest BCUT2D eigenvalue weighted by Crippen LogP contribution is -2.39. The zero-order valence-electron chi connectivity index (χ0n) is 15.6. The molecule has 1 saturated heterocycles. The largest absolute Gasteiger partial charge is 0.302 e. The number of allylic oxidation sites excluding steroid dienone is 3. The van der Waals surface area contributed by atoms with Crippen LogP contribution in [0.1, 0.15) is 12.8 Å². The van der Waals surface area contributed by atoms with Crippen LogP contribution in [0.5, 0.6) is 0 Å². The van der Waals surface area contributed by atoms with Crippen molar-refractivity contribution in [2.24, 2.45) is 0 Å². The Labute approximate surface area is 173 Å². The molecule has 0 saturated carbocycles. The molecule has 0 radical (unpaired) electrons. The monoisotopic (exact) mass is 424 g/mol. The number of nitrogens with zero attached hydrogens (tertiary/aromatic N) is 2. The number of hydrogen-bond acceptors (Lipinski definition) is 5. The molecule has 1 heterocycles. The molecule has 0 spiro atoms. The molecular weight excluding hydrogens is 396 g/mol. The van der Waals surface area contributed by atoms with Crippen LogP contribution in [0.3, 0.4) is 0 Å². The lowest BCUT2D eigenvalue weighted by Gasteiger charge is -2.24. The van der Waals surface area contributed by atoms with Crippen LogP contribution in [-0.4, -0.2) is 56.1 Å². The fraction of sp³-hybridized carbons (Fsp3) is 0.400. The average Bonchev–Trinajstić information content (AvgIpc) is 3.18. The van der Waals surface area contributed by atoms with Gasteiger partial charge in [-0.05, 0) is 56.3 Å². The molecule has 1 aromatic rings. The zero-order chi connectivity index (χ0) is 19.7. The van der Waals surface area contributed by atoms with E-state index in [9.17, 15) is 8.42 Å². The molecule has 0 bridgehead atoms. The molecule has 4 nitrogen and oxygen atoms in total. The maximum Gasteiger partial charge on any atom is 0.243 e. The van der Waals surface area contributed by atoms with E-state index in [4.69, 9.17) is 0 Å². The van der Waals surface area contributed by atoms with E-state index in [0.717, 1.165) is 29.4 Å². The maximum absolute atomic E-state index is 13.0. The second-order valence-electron chi connectivity index (χ2n) is 6.26. The average molecular weight is 425 g/mol. The second-order valence-corrected chi connectivity index (χ2v) is 9.79. The predicted octanol–water partition coefficient (Wildman–Crippen LogP) is 4.05. The zero-order valence-corrected chi connectivity index (χ0v) is 18.1. The normalized spacial score (nSPS) is 16.0. The summed E-state index contributed by atoms with van der Waals surface area (Å²) in [6.07, 6.45) is 7.73. The molecular formula is C20H28N2O2S3. The highest BCUT2D eigenvalue weighted by Crippen LogP contribution is 2.28. The van der Waals surface area contributed by atoms with E-state index in [1.54, 1.807) is 28.6 Å². The Kier molecular flexibility index (Phi) is 9.18. The molecule has 7 heteroatoms. The van der Waals surface area contributed by atoms with E-state index < -0.39 is 10.0 Å². The van der Waals surface area contributed by atoms with E-state index in [1.165, 1.54) is 24.6 Å². The van der Waals surface area contributed by atoms with Gasteiger partial charge in [0.05, 0.1) is 4.90 Å². The molecule has 1 aliphatic heterocycles. The van der Waals surface area contributed by atoms with Gasteiger partial charge in [0.2, 0.25) is 10.0 Å². The Balaban J connectivity index is 2.10. The highest BCUT2D eigenvalue weighted by atomic mass is 32.2. The minimum Gasteiger partial charge on any atom is -0.302 e. The molecule has 0 atom stereocenters. The number of rotatable bonds is 11. The topological polar surface area (TPSA) is 40.6 Å². The molecule has 0 N–H and O–H groups in total. The third kappa shape index (κ3) is 6.54. The lowest BCUT2D eigenvalue weighted by molar-refractivity contribution is 0.299. The highest BCUT2D eigenvalue weighted by molar-refractivity contribution is 8.03. The summed E-state index contributed by atoms with van der Waals surface area (Å²) >= 11 is 5.77. The minimum absolute atomic E-state index is 0.322. The molecule has 27 heavy (non-hydrogen) atoms. The van der Waals surface area contributed by atoms with Gasteiger partial charge in [-0.15, -0.1) is 0 Å². The second kappa shape index (κ2) is 11.1. The number of hydrogen-bond donors (Lipinski definition) is 1. The summed E-state index contributed by atoms with van der Waals surface area (Å²) in [6.45, 7) is 11.3. The summed E-state index contributed by atoms with van der Waals surface area (Å²) in [5.41, 5.74) is 0.